The third kappa shape index (κ3) is 4.78. The highest BCUT2D eigenvalue weighted by Gasteiger charge is 2.02. The van der Waals surface area contributed by atoms with Crippen molar-refractivity contribution in [3.8, 4) is 0 Å². The zero-order valence-corrected chi connectivity index (χ0v) is 10.2. The van der Waals surface area contributed by atoms with Gasteiger partial charge in [-0.15, -0.1) is 0 Å². The molecule has 0 aromatic heterocycles. The lowest BCUT2D eigenvalue weighted by atomic mass is 10.2. The van der Waals surface area contributed by atoms with E-state index in [0.717, 1.165) is 12.8 Å². The van der Waals surface area contributed by atoms with Gasteiger partial charge in [0.15, 0.2) is 0 Å². The molecule has 1 aromatic rings. The van der Waals surface area contributed by atoms with Crippen molar-refractivity contribution in [2.75, 3.05) is 6.61 Å². The molecule has 0 spiro atoms. The number of carbonyl (C=O) groups is 1. The maximum absolute atomic E-state index is 11.2. The first-order chi connectivity index (χ1) is 8.63. The number of ether oxygens (including phenoxy) is 1. The summed E-state index contributed by atoms with van der Waals surface area (Å²) in [6.45, 7) is 2.43. The van der Waals surface area contributed by atoms with Gasteiger partial charge in [-0.2, -0.15) is 0 Å². The summed E-state index contributed by atoms with van der Waals surface area (Å²) in [6, 6.07) is 5.94. The fraction of sp³-hybridized carbons (Fsp3) is 0.308. The Morgan fingerprint density at radius 2 is 2.06 bits per heavy atom. The van der Waals surface area contributed by atoms with Crippen LogP contribution >= 0.6 is 0 Å². The number of esters is 1. The minimum atomic E-state index is -0.466. The fourth-order valence-electron chi connectivity index (χ4n) is 1.24. The number of hydrogen-bond acceptors (Lipinski definition) is 4. The highest BCUT2D eigenvalue weighted by atomic mass is 16.6. The summed E-state index contributed by atoms with van der Waals surface area (Å²) < 4.78 is 4.93. The molecule has 18 heavy (non-hydrogen) atoms. The van der Waals surface area contributed by atoms with Crippen LogP contribution in [-0.2, 0) is 9.53 Å². The molecule has 0 unspecified atom stereocenters. The molecule has 1 rings (SSSR count). The van der Waals surface area contributed by atoms with E-state index in [-0.39, 0.29) is 5.69 Å². The van der Waals surface area contributed by atoms with Gasteiger partial charge in [0, 0.05) is 18.2 Å². The van der Waals surface area contributed by atoms with Gasteiger partial charge in [0.1, 0.15) is 0 Å². The predicted molar refractivity (Wildman–Crippen MR) is 68.0 cm³/mol. The average Bonchev–Trinajstić information content (AvgIpc) is 2.37. The summed E-state index contributed by atoms with van der Waals surface area (Å²) in [5, 5.41) is 10.4. The molecule has 96 valence electrons. The summed E-state index contributed by atoms with van der Waals surface area (Å²) >= 11 is 0. The minimum Gasteiger partial charge on any atom is -0.463 e. The van der Waals surface area contributed by atoms with Crippen LogP contribution in [0.4, 0.5) is 5.69 Å². The lowest BCUT2D eigenvalue weighted by Gasteiger charge is -1.99. The SMILES string of the molecule is CCCCOC(=O)/C=C/c1ccc([N+](=O)[O-])cc1. The minimum absolute atomic E-state index is 0.0256. The molecule has 0 fully saturated rings. The molecular formula is C13H15NO4. The Labute approximate surface area is 105 Å². The molecule has 0 bridgehead atoms. The first-order valence-electron chi connectivity index (χ1n) is 5.72. The first kappa shape index (κ1) is 13.9. The van der Waals surface area contributed by atoms with E-state index in [2.05, 4.69) is 0 Å². The van der Waals surface area contributed by atoms with E-state index in [1.54, 1.807) is 18.2 Å². The van der Waals surface area contributed by atoms with Crippen molar-refractivity contribution >= 4 is 17.7 Å². The average molecular weight is 249 g/mol. The Kier molecular flexibility index (Phi) is 5.57. The number of unbranched alkanes of at least 4 members (excludes halogenated alkanes) is 1. The molecule has 0 amide bonds. The largest absolute Gasteiger partial charge is 0.463 e. The number of carbonyl (C=O) groups excluding carboxylic acids is 1. The van der Waals surface area contributed by atoms with Crippen molar-refractivity contribution in [2.45, 2.75) is 19.8 Å². The maximum atomic E-state index is 11.2. The number of rotatable bonds is 6. The molecule has 5 nitrogen and oxygen atoms in total. The van der Waals surface area contributed by atoms with Crippen LogP contribution in [0.2, 0.25) is 0 Å². The number of hydrogen-bond donors (Lipinski definition) is 0. The van der Waals surface area contributed by atoms with E-state index in [0.29, 0.717) is 12.2 Å². The Hall–Kier alpha value is -2.17. The van der Waals surface area contributed by atoms with Crippen molar-refractivity contribution in [3.05, 3.63) is 46.0 Å². The fourth-order valence-corrected chi connectivity index (χ4v) is 1.24. The van der Waals surface area contributed by atoms with E-state index in [4.69, 9.17) is 4.74 Å². The van der Waals surface area contributed by atoms with E-state index in [9.17, 15) is 14.9 Å². The number of nitro groups is 1. The van der Waals surface area contributed by atoms with Gasteiger partial charge < -0.3 is 4.74 Å². The molecular weight excluding hydrogens is 234 g/mol. The second-order valence-corrected chi connectivity index (χ2v) is 3.70. The van der Waals surface area contributed by atoms with Crippen molar-refractivity contribution in [2.24, 2.45) is 0 Å². The monoisotopic (exact) mass is 249 g/mol. The normalized spacial score (nSPS) is 10.5. The Balaban J connectivity index is 2.51. The number of nitro benzene ring substituents is 1. The second kappa shape index (κ2) is 7.21. The van der Waals surface area contributed by atoms with Crippen LogP contribution in [0.25, 0.3) is 6.08 Å². The van der Waals surface area contributed by atoms with Gasteiger partial charge in [-0.1, -0.05) is 13.3 Å². The van der Waals surface area contributed by atoms with Crippen molar-refractivity contribution in [3.63, 3.8) is 0 Å². The van der Waals surface area contributed by atoms with Gasteiger partial charge >= 0.3 is 5.97 Å². The molecule has 0 atom stereocenters. The topological polar surface area (TPSA) is 69.4 Å². The molecule has 1 aromatic carbocycles. The quantitative estimate of drug-likeness (QED) is 0.255. The standard InChI is InChI=1S/C13H15NO4/c1-2-3-10-18-13(15)9-6-11-4-7-12(8-5-11)14(16)17/h4-9H,2-3,10H2,1H3/b9-6+. The van der Waals surface area contributed by atoms with Crippen LogP contribution in [0, 0.1) is 10.1 Å². The molecule has 0 N–H and O–H groups in total. The predicted octanol–water partition coefficient (Wildman–Crippen LogP) is 2.95. The zero-order valence-electron chi connectivity index (χ0n) is 10.2. The lowest BCUT2D eigenvalue weighted by molar-refractivity contribution is -0.384. The van der Waals surface area contributed by atoms with Gasteiger partial charge in [0.05, 0.1) is 11.5 Å². The number of nitrogens with zero attached hydrogens (tertiary/aromatic N) is 1. The Bertz CT molecular complexity index is 437. The van der Waals surface area contributed by atoms with Crippen LogP contribution in [0.15, 0.2) is 30.3 Å². The summed E-state index contributed by atoms with van der Waals surface area (Å²) in [6.07, 6.45) is 4.70. The van der Waals surface area contributed by atoms with Crippen LogP contribution in [-0.4, -0.2) is 17.5 Å². The molecule has 0 saturated heterocycles. The lowest BCUT2D eigenvalue weighted by Crippen LogP contribution is -2.01. The molecule has 0 aliphatic carbocycles. The summed E-state index contributed by atoms with van der Waals surface area (Å²) in [5.74, 6) is -0.401. The summed E-state index contributed by atoms with van der Waals surface area (Å²) in [4.78, 5) is 21.2. The van der Waals surface area contributed by atoms with Gasteiger partial charge in [0.2, 0.25) is 0 Å². The van der Waals surface area contributed by atoms with E-state index >= 15 is 0 Å². The van der Waals surface area contributed by atoms with Crippen LogP contribution in [0.5, 0.6) is 0 Å². The molecule has 0 saturated carbocycles. The zero-order chi connectivity index (χ0) is 13.4. The molecule has 0 heterocycles. The molecule has 0 aliphatic heterocycles. The smallest absolute Gasteiger partial charge is 0.330 e. The summed E-state index contributed by atoms with van der Waals surface area (Å²) in [7, 11) is 0. The van der Waals surface area contributed by atoms with E-state index in [1.165, 1.54) is 18.2 Å². The summed E-state index contributed by atoms with van der Waals surface area (Å²) in [5.41, 5.74) is 0.741. The molecule has 5 heteroatoms. The highest BCUT2D eigenvalue weighted by Crippen LogP contribution is 2.12. The highest BCUT2D eigenvalue weighted by molar-refractivity contribution is 5.87. The third-order valence-corrected chi connectivity index (χ3v) is 2.26. The number of non-ortho nitro benzene ring substituents is 1. The number of benzene rings is 1. The van der Waals surface area contributed by atoms with Crippen LogP contribution in [0.3, 0.4) is 0 Å². The second-order valence-electron chi connectivity index (χ2n) is 3.70. The maximum Gasteiger partial charge on any atom is 0.330 e. The van der Waals surface area contributed by atoms with Gasteiger partial charge in [-0.05, 0) is 30.2 Å². The first-order valence-corrected chi connectivity index (χ1v) is 5.72. The van der Waals surface area contributed by atoms with E-state index in [1.807, 2.05) is 6.92 Å². The molecule has 0 aliphatic rings. The molecule has 0 radical (unpaired) electrons. The van der Waals surface area contributed by atoms with Crippen molar-refractivity contribution in [1.29, 1.82) is 0 Å². The van der Waals surface area contributed by atoms with Crippen molar-refractivity contribution < 1.29 is 14.5 Å². The van der Waals surface area contributed by atoms with Crippen LogP contribution in [0.1, 0.15) is 25.3 Å². The Morgan fingerprint density at radius 1 is 1.39 bits per heavy atom. The van der Waals surface area contributed by atoms with Crippen LogP contribution < -0.4 is 0 Å². The van der Waals surface area contributed by atoms with Gasteiger partial charge in [-0.3, -0.25) is 10.1 Å². The van der Waals surface area contributed by atoms with Crippen molar-refractivity contribution in [1.82, 2.24) is 0 Å². The van der Waals surface area contributed by atoms with Gasteiger partial charge in [0.25, 0.3) is 5.69 Å². The van der Waals surface area contributed by atoms with E-state index < -0.39 is 10.9 Å². The van der Waals surface area contributed by atoms with Gasteiger partial charge in [-0.25, -0.2) is 4.79 Å². The third-order valence-electron chi connectivity index (χ3n) is 2.26. The Morgan fingerprint density at radius 3 is 2.61 bits per heavy atom.